The number of benzene rings is 1. The van der Waals surface area contributed by atoms with Crippen LogP contribution in [0.4, 0.5) is 0 Å². The number of aromatic nitrogens is 3. The molecule has 1 N–H and O–H groups in total. The van der Waals surface area contributed by atoms with Crippen molar-refractivity contribution in [2.75, 3.05) is 6.26 Å². The molecule has 0 radical (unpaired) electrons. The van der Waals surface area contributed by atoms with Crippen molar-refractivity contribution in [2.45, 2.75) is 5.16 Å². The summed E-state index contributed by atoms with van der Waals surface area (Å²) >= 11 is 7.57. The third-order valence-electron chi connectivity index (χ3n) is 3.61. The summed E-state index contributed by atoms with van der Waals surface area (Å²) in [5.74, 6) is -1.08. The molecule has 3 rings (SSSR count). The van der Waals surface area contributed by atoms with Gasteiger partial charge in [0.25, 0.3) is 5.56 Å². The number of nitrogens with zero attached hydrogens (tertiary/aromatic N) is 3. The average Bonchev–Trinajstić information content (AvgIpc) is 2.58. The molecule has 24 heavy (non-hydrogen) atoms. The highest BCUT2D eigenvalue weighted by Gasteiger charge is 2.15. The Morgan fingerprint density at radius 3 is 2.71 bits per heavy atom. The second kappa shape index (κ2) is 6.26. The first-order valence-corrected chi connectivity index (χ1v) is 8.46. The van der Waals surface area contributed by atoms with Gasteiger partial charge in [0.2, 0.25) is 0 Å². The number of hydrogen-bond acceptors (Lipinski definition) is 5. The largest absolute Gasteiger partial charge is 0.478 e. The number of carboxylic acids is 1. The van der Waals surface area contributed by atoms with E-state index < -0.39 is 5.97 Å². The maximum absolute atomic E-state index is 12.7. The van der Waals surface area contributed by atoms with Crippen molar-refractivity contribution in [3.05, 3.63) is 51.4 Å². The summed E-state index contributed by atoms with van der Waals surface area (Å²) in [5.41, 5.74) is 0.934. The molecule has 0 atom stereocenters. The van der Waals surface area contributed by atoms with Crippen molar-refractivity contribution >= 4 is 40.4 Å². The number of rotatable bonds is 3. The smallest absolute Gasteiger partial charge is 0.335 e. The van der Waals surface area contributed by atoms with Crippen LogP contribution in [0.25, 0.3) is 22.2 Å². The first-order chi connectivity index (χ1) is 11.4. The Bertz CT molecular complexity index is 1030. The van der Waals surface area contributed by atoms with Crippen LogP contribution in [0.3, 0.4) is 0 Å². The molecule has 0 unspecified atom stereocenters. The minimum absolute atomic E-state index is 0.0607. The second-order valence-electron chi connectivity index (χ2n) is 5.06. The summed E-state index contributed by atoms with van der Waals surface area (Å²) in [6.07, 6.45) is 3.48. The molecule has 2 heterocycles. The second-order valence-corrected chi connectivity index (χ2v) is 6.24. The van der Waals surface area contributed by atoms with E-state index in [1.165, 1.54) is 34.5 Å². The number of pyridine rings is 1. The fourth-order valence-corrected chi connectivity index (χ4v) is 2.94. The van der Waals surface area contributed by atoms with Crippen LogP contribution in [0.2, 0.25) is 5.02 Å². The molecule has 6 nitrogen and oxygen atoms in total. The van der Waals surface area contributed by atoms with Gasteiger partial charge in [-0.25, -0.2) is 14.8 Å². The van der Waals surface area contributed by atoms with Crippen LogP contribution < -0.4 is 5.56 Å². The van der Waals surface area contributed by atoms with Crippen LogP contribution in [0.1, 0.15) is 10.4 Å². The van der Waals surface area contributed by atoms with E-state index in [1.807, 2.05) is 6.26 Å². The fraction of sp³-hybridized carbons (Fsp3) is 0.125. The van der Waals surface area contributed by atoms with Crippen LogP contribution in [0, 0.1) is 0 Å². The molecule has 1 aromatic carbocycles. The van der Waals surface area contributed by atoms with Crippen molar-refractivity contribution < 1.29 is 9.90 Å². The zero-order chi connectivity index (χ0) is 17.4. The van der Waals surface area contributed by atoms with E-state index in [2.05, 4.69) is 9.97 Å². The first-order valence-electron chi connectivity index (χ1n) is 6.86. The normalized spacial score (nSPS) is 11.0. The minimum atomic E-state index is -1.08. The van der Waals surface area contributed by atoms with Crippen molar-refractivity contribution in [1.29, 1.82) is 0 Å². The molecule has 8 heteroatoms. The molecule has 0 bridgehead atoms. The number of hydrogen-bond donors (Lipinski definition) is 1. The summed E-state index contributed by atoms with van der Waals surface area (Å²) in [6, 6.07) is 5.89. The third kappa shape index (κ3) is 2.76. The molecule has 0 spiro atoms. The molecular weight excluding hydrogens is 350 g/mol. The van der Waals surface area contributed by atoms with Crippen molar-refractivity contribution in [2.24, 2.45) is 7.05 Å². The van der Waals surface area contributed by atoms with E-state index in [9.17, 15) is 9.59 Å². The minimum Gasteiger partial charge on any atom is -0.478 e. The molecule has 3 aromatic rings. The molecule has 0 fully saturated rings. The predicted molar refractivity (Wildman–Crippen MR) is 94.0 cm³/mol. The summed E-state index contributed by atoms with van der Waals surface area (Å²) in [7, 11) is 1.61. The SMILES string of the molecule is CSc1ncc2cc(-c3cc(C(=O)O)ccc3Cl)c(=O)n(C)c2n1. The van der Waals surface area contributed by atoms with Crippen molar-refractivity contribution in [1.82, 2.24) is 14.5 Å². The predicted octanol–water partition coefficient (Wildman–Crippen LogP) is 3.07. The van der Waals surface area contributed by atoms with Gasteiger partial charge in [0.1, 0.15) is 5.65 Å². The van der Waals surface area contributed by atoms with Gasteiger partial charge >= 0.3 is 5.97 Å². The summed E-state index contributed by atoms with van der Waals surface area (Å²) < 4.78 is 1.41. The lowest BCUT2D eigenvalue weighted by atomic mass is 10.0. The molecule has 2 aromatic heterocycles. The molecule has 0 saturated carbocycles. The van der Waals surface area contributed by atoms with Gasteiger partial charge in [-0.1, -0.05) is 23.4 Å². The average molecular weight is 362 g/mol. The van der Waals surface area contributed by atoms with Gasteiger partial charge in [-0.3, -0.25) is 9.36 Å². The van der Waals surface area contributed by atoms with Gasteiger partial charge in [-0.05, 0) is 30.5 Å². The molecular formula is C16H12ClN3O3S. The number of carboxylic acid groups (broad SMARTS) is 1. The van der Waals surface area contributed by atoms with E-state index in [0.29, 0.717) is 32.3 Å². The lowest BCUT2D eigenvalue weighted by Gasteiger charge is -2.10. The Labute approximate surface area is 146 Å². The number of thioether (sulfide) groups is 1. The molecule has 122 valence electrons. The Balaban J connectivity index is 2.32. The topological polar surface area (TPSA) is 85.1 Å². The molecule has 0 saturated heterocycles. The maximum atomic E-state index is 12.7. The summed E-state index contributed by atoms with van der Waals surface area (Å²) in [4.78, 5) is 32.4. The Hall–Kier alpha value is -2.38. The zero-order valence-corrected chi connectivity index (χ0v) is 14.4. The maximum Gasteiger partial charge on any atom is 0.335 e. The summed E-state index contributed by atoms with van der Waals surface area (Å²) in [6.45, 7) is 0. The number of aryl methyl sites for hydroxylation is 1. The van der Waals surface area contributed by atoms with E-state index in [-0.39, 0.29) is 11.1 Å². The van der Waals surface area contributed by atoms with Gasteiger partial charge < -0.3 is 5.11 Å². The highest BCUT2D eigenvalue weighted by atomic mass is 35.5. The van der Waals surface area contributed by atoms with Gasteiger partial charge in [-0.2, -0.15) is 0 Å². The number of fused-ring (bicyclic) bond motifs is 1. The van der Waals surface area contributed by atoms with Crippen LogP contribution in [-0.4, -0.2) is 31.9 Å². The Morgan fingerprint density at radius 1 is 1.29 bits per heavy atom. The highest BCUT2D eigenvalue weighted by molar-refractivity contribution is 7.98. The van der Waals surface area contributed by atoms with Gasteiger partial charge in [0, 0.05) is 34.8 Å². The molecule has 0 aliphatic rings. The zero-order valence-electron chi connectivity index (χ0n) is 12.8. The Kier molecular flexibility index (Phi) is 4.29. The lowest BCUT2D eigenvalue weighted by Crippen LogP contribution is -2.20. The molecule has 0 amide bonds. The third-order valence-corrected chi connectivity index (χ3v) is 4.50. The molecule has 0 aliphatic heterocycles. The number of carbonyl (C=O) groups is 1. The monoisotopic (exact) mass is 361 g/mol. The van der Waals surface area contributed by atoms with Crippen molar-refractivity contribution in [3.63, 3.8) is 0 Å². The fourth-order valence-electron chi connectivity index (χ4n) is 2.39. The quantitative estimate of drug-likeness (QED) is 0.570. The van der Waals surface area contributed by atoms with Crippen LogP contribution in [-0.2, 0) is 7.05 Å². The summed E-state index contributed by atoms with van der Waals surface area (Å²) in [5, 5.41) is 10.7. The van der Waals surface area contributed by atoms with Gasteiger partial charge in [-0.15, -0.1) is 0 Å². The van der Waals surface area contributed by atoms with E-state index in [0.717, 1.165) is 0 Å². The van der Waals surface area contributed by atoms with Gasteiger partial charge in [0.15, 0.2) is 5.16 Å². The lowest BCUT2D eigenvalue weighted by molar-refractivity contribution is 0.0697. The van der Waals surface area contributed by atoms with Crippen LogP contribution in [0.15, 0.2) is 40.4 Å². The van der Waals surface area contributed by atoms with Crippen molar-refractivity contribution in [3.8, 4) is 11.1 Å². The standard InChI is InChI=1S/C16H12ClN3O3S/c1-20-13-9(7-18-16(19-13)24-2)6-11(14(20)21)10-5-8(15(22)23)3-4-12(10)17/h3-7H,1-2H3,(H,22,23). The van der Waals surface area contributed by atoms with Gasteiger partial charge in [0.05, 0.1) is 5.56 Å². The van der Waals surface area contributed by atoms with E-state index in [1.54, 1.807) is 19.3 Å². The van der Waals surface area contributed by atoms with Crippen LogP contribution in [0.5, 0.6) is 0 Å². The number of aromatic carboxylic acids is 1. The number of halogens is 1. The van der Waals surface area contributed by atoms with E-state index >= 15 is 0 Å². The van der Waals surface area contributed by atoms with E-state index in [4.69, 9.17) is 16.7 Å². The first kappa shape index (κ1) is 16.5. The Morgan fingerprint density at radius 2 is 2.04 bits per heavy atom. The van der Waals surface area contributed by atoms with Crippen LogP contribution >= 0.6 is 23.4 Å². The molecule has 0 aliphatic carbocycles. The highest BCUT2D eigenvalue weighted by Crippen LogP contribution is 2.28.